The normalized spacial score (nSPS) is 19.2. The van der Waals surface area contributed by atoms with E-state index in [4.69, 9.17) is 0 Å². The van der Waals surface area contributed by atoms with E-state index in [-0.39, 0.29) is 30.4 Å². The zero-order chi connectivity index (χ0) is 24.5. The Morgan fingerprint density at radius 1 is 1.29 bits per heavy atom. The number of fused-ring (bicyclic) bond motifs is 1. The minimum absolute atomic E-state index is 0.0726. The van der Waals surface area contributed by atoms with Gasteiger partial charge in [-0.1, -0.05) is 19.1 Å². The summed E-state index contributed by atoms with van der Waals surface area (Å²) in [5.41, 5.74) is 1.15. The van der Waals surface area contributed by atoms with Crippen molar-refractivity contribution < 1.29 is 18.1 Å². The molecule has 0 saturated carbocycles. The summed E-state index contributed by atoms with van der Waals surface area (Å²) in [6, 6.07) is 7.53. The van der Waals surface area contributed by atoms with Crippen molar-refractivity contribution in [2.45, 2.75) is 31.1 Å². The molecular formula is C22H25N5O5S2. The van der Waals surface area contributed by atoms with Crippen molar-refractivity contribution in [3.63, 3.8) is 0 Å². The molecule has 0 radical (unpaired) electrons. The Hall–Kier alpha value is -2.85. The zero-order valence-electron chi connectivity index (χ0n) is 18.7. The van der Waals surface area contributed by atoms with Crippen molar-refractivity contribution in [2.75, 3.05) is 38.0 Å². The molecule has 180 valence electrons. The SMILES string of the molecule is CC1CCc2c(sc(NC(=O)CN3CCN(S(=O)(=O)c4ccccc4[N+](=O)[O-])CC3)c2C#N)C1. The monoisotopic (exact) mass is 503 g/mol. The summed E-state index contributed by atoms with van der Waals surface area (Å²) in [5.74, 6) is 0.310. The number of hydrogen-bond acceptors (Lipinski definition) is 8. The molecule has 1 fully saturated rings. The highest BCUT2D eigenvalue weighted by Crippen LogP contribution is 2.39. The van der Waals surface area contributed by atoms with E-state index in [0.29, 0.717) is 29.6 Å². The molecule has 1 aromatic heterocycles. The van der Waals surface area contributed by atoms with E-state index in [1.807, 2.05) is 4.90 Å². The van der Waals surface area contributed by atoms with Gasteiger partial charge in [0, 0.05) is 37.1 Å². The minimum Gasteiger partial charge on any atom is -0.315 e. The number of anilines is 1. The van der Waals surface area contributed by atoms with Crippen LogP contribution < -0.4 is 5.32 Å². The van der Waals surface area contributed by atoms with Crippen LogP contribution in [-0.2, 0) is 27.7 Å². The number of carbonyl (C=O) groups is 1. The van der Waals surface area contributed by atoms with Gasteiger partial charge in [-0.3, -0.25) is 19.8 Å². The van der Waals surface area contributed by atoms with Gasteiger partial charge in [0.2, 0.25) is 15.9 Å². The van der Waals surface area contributed by atoms with Crippen LogP contribution in [0.1, 0.15) is 29.3 Å². The summed E-state index contributed by atoms with van der Waals surface area (Å²) in [5, 5.41) is 24.3. The Kier molecular flexibility index (Phi) is 6.99. The van der Waals surface area contributed by atoms with E-state index in [1.54, 1.807) is 0 Å². The van der Waals surface area contributed by atoms with E-state index in [2.05, 4.69) is 18.3 Å². The first kappa shape index (κ1) is 24.3. The van der Waals surface area contributed by atoms with Gasteiger partial charge in [-0.05, 0) is 36.8 Å². The van der Waals surface area contributed by atoms with Crippen LogP contribution >= 0.6 is 11.3 Å². The smallest absolute Gasteiger partial charge is 0.289 e. The number of carbonyl (C=O) groups excluding carboxylic acids is 1. The van der Waals surface area contributed by atoms with Crippen LogP contribution in [0.25, 0.3) is 0 Å². The van der Waals surface area contributed by atoms with Crippen LogP contribution in [0.4, 0.5) is 10.7 Å². The van der Waals surface area contributed by atoms with Gasteiger partial charge >= 0.3 is 0 Å². The third kappa shape index (κ3) is 4.83. The molecule has 0 spiro atoms. The number of benzene rings is 1. The summed E-state index contributed by atoms with van der Waals surface area (Å²) in [6.07, 6.45) is 2.80. The number of piperazine rings is 1. The number of nitro benzene ring substituents is 1. The molecule has 1 N–H and O–H groups in total. The number of nitrogens with one attached hydrogen (secondary N) is 1. The molecule has 1 unspecified atom stereocenters. The van der Waals surface area contributed by atoms with Gasteiger partial charge in [0.15, 0.2) is 4.90 Å². The highest BCUT2D eigenvalue weighted by molar-refractivity contribution is 7.89. The average Bonchev–Trinajstić information content (AvgIpc) is 3.14. The lowest BCUT2D eigenvalue weighted by atomic mass is 9.89. The van der Waals surface area contributed by atoms with Crippen molar-refractivity contribution in [3.05, 3.63) is 50.4 Å². The largest absolute Gasteiger partial charge is 0.315 e. The fourth-order valence-corrected chi connectivity index (χ4v) is 7.38. The fourth-order valence-electron chi connectivity index (χ4n) is 4.42. The number of nitrogens with zero attached hydrogens (tertiary/aromatic N) is 4. The topological polar surface area (TPSA) is 137 Å². The standard InChI is InChI=1S/C22H25N5O5S2/c1-15-6-7-16-17(13-23)22(33-19(16)12-15)24-21(28)14-25-8-10-26(11-9-25)34(31,32)20-5-3-2-4-18(20)27(29)30/h2-5,15H,6-12,14H2,1H3,(H,24,28). The number of amides is 1. The lowest BCUT2D eigenvalue weighted by molar-refractivity contribution is -0.387. The Bertz CT molecular complexity index is 1260. The van der Waals surface area contributed by atoms with Crippen LogP contribution in [0, 0.1) is 27.4 Å². The molecule has 1 aliphatic carbocycles. The maximum Gasteiger partial charge on any atom is 0.289 e. The second-order valence-corrected chi connectivity index (χ2v) is 11.6. The predicted molar refractivity (Wildman–Crippen MR) is 127 cm³/mol. The van der Waals surface area contributed by atoms with Crippen LogP contribution in [-0.4, -0.2) is 61.2 Å². The molecule has 1 atom stereocenters. The van der Waals surface area contributed by atoms with E-state index >= 15 is 0 Å². The van der Waals surface area contributed by atoms with Gasteiger partial charge in [-0.2, -0.15) is 9.57 Å². The molecule has 1 aromatic carbocycles. The summed E-state index contributed by atoms with van der Waals surface area (Å²) < 4.78 is 27.1. The molecule has 2 heterocycles. The first-order valence-electron chi connectivity index (χ1n) is 11.0. The highest BCUT2D eigenvalue weighted by Gasteiger charge is 2.34. The quantitative estimate of drug-likeness (QED) is 0.472. The molecular weight excluding hydrogens is 478 g/mol. The summed E-state index contributed by atoms with van der Waals surface area (Å²) in [7, 11) is -4.02. The van der Waals surface area contributed by atoms with Gasteiger partial charge in [-0.15, -0.1) is 11.3 Å². The van der Waals surface area contributed by atoms with Gasteiger partial charge < -0.3 is 5.32 Å². The van der Waals surface area contributed by atoms with E-state index < -0.39 is 20.6 Å². The van der Waals surface area contributed by atoms with Crippen molar-refractivity contribution in [1.29, 1.82) is 5.26 Å². The van der Waals surface area contributed by atoms with Gasteiger partial charge in [0.1, 0.15) is 11.1 Å². The lowest BCUT2D eigenvalue weighted by Crippen LogP contribution is -2.50. The summed E-state index contributed by atoms with van der Waals surface area (Å²) in [4.78, 5) is 25.9. The fraction of sp³-hybridized carbons (Fsp3) is 0.455. The third-order valence-corrected chi connectivity index (χ3v) is 9.37. The number of nitriles is 1. The van der Waals surface area contributed by atoms with Crippen LogP contribution in [0.2, 0.25) is 0 Å². The Morgan fingerprint density at radius 2 is 2.00 bits per heavy atom. The molecule has 2 aromatic rings. The molecule has 0 bridgehead atoms. The molecule has 1 amide bonds. The highest BCUT2D eigenvalue weighted by atomic mass is 32.2. The maximum atomic E-state index is 13.0. The maximum absolute atomic E-state index is 13.0. The van der Waals surface area contributed by atoms with E-state index in [9.17, 15) is 28.6 Å². The number of rotatable bonds is 6. The minimum atomic E-state index is -4.02. The zero-order valence-corrected chi connectivity index (χ0v) is 20.3. The molecule has 34 heavy (non-hydrogen) atoms. The van der Waals surface area contributed by atoms with Crippen molar-refractivity contribution >= 4 is 38.0 Å². The third-order valence-electron chi connectivity index (χ3n) is 6.25. The Labute approximate surface area is 202 Å². The first-order chi connectivity index (χ1) is 16.2. The van der Waals surface area contributed by atoms with E-state index in [0.717, 1.165) is 24.8 Å². The molecule has 1 aliphatic heterocycles. The number of para-hydroxylation sites is 1. The average molecular weight is 504 g/mol. The van der Waals surface area contributed by atoms with Crippen molar-refractivity contribution in [3.8, 4) is 6.07 Å². The first-order valence-corrected chi connectivity index (χ1v) is 13.3. The second kappa shape index (κ2) is 9.79. The van der Waals surface area contributed by atoms with E-state index in [1.165, 1.54) is 44.8 Å². The van der Waals surface area contributed by atoms with Crippen molar-refractivity contribution in [1.82, 2.24) is 9.21 Å². The Morgan fingerprint density at radius 3 is 2.68 bits per heavy atom. The molecule has 12 heteroatoms. The summed E-state index contributed by atoms with van der Waals surface area (Å²) in [6.45, 7) is 3.13. The predicted octanol–water partition coefficient (Wildman–Crippen LogP) is 2.60. The van der Waals surface area contributed by atoms with Crippen molar-refractivity contribution in [2.24, 2.45) is 5.92 Å². The second-order valence-electron chi connectivity index (χ2n) is 8.62. The number of sulfonamides is 1. The molecule has 2 aliphatic rings. The Balaban J connectivity index is 1.37. The number of hydrogen-bond donors (Lipinski definition) is 1. The molecule has 4 rings (SSSR count). The van der Waals surface area contributed by atoms with Crippen LogP contribution in [0.15, 0.2) is 29.2 Å². The van der Waals surface area contributed by atoms with Gasteiger partial charge in [0.25, 0.3) is 5.69 Å². The van der Waals surface area contributed by atoms with Crippen LogP contribution in [0.3, 0.4) is 0 Å². The summed E-state index contributed by atoms with van der Waals surface area (Å²) >= 11 is 1.47. The molecule has 10 nitrogen and oxygen atoms in total. The van der Waals surface area contributed by atoms with Gasteiger partial charge in [0.05, 0.1) is 17.0 Å². The lowest BCUT2D eigenvalue weighted by Gasteiger charge is -2.33. The number of nitro groups is 1. The van der Waals surface area contributed by atoms with Gasteiger partial charge in [-0.25, -0.2) is 8.42 Å². The van der Waals surface area contributed by atoms with Crippen LogP contribution in [0.5, 0.6) is 0 Å². The number of thiophene rings is 1. The molecule has 1 saturated heterocycles.